The Balaban J connectivity index is 2.86. The van der Waals surface area contributed by atoms with Gasteiger partial charge in [0.15, 0.2) is 5.78 Å². The molecule has 1 nitrogen and oxygen atoms in total. The first-order chi connectivity index (χ1) is 9.18. The van der Waals surface area contributed by atoms with Crippen LogP contribution in [0.15, 0.2) is 23.8 Å². The predicted octanol–water partition coefficient (Wildman–Crippen LogP) is 5.61. The molecule has 0 radical (unpaired) electrons. The number of hydrogen-bond acceptors (Lipinski definition) is 1. The molecular weight excluding hydrogens is 232 g/mol. The number of ketones is 1. The summed E-state index contributed by atoms with van der Waals surface area (Å²) in [7, 11) is 0. The first-order valence-corrected chi connectivity index (χ1v) is 8.12. The zero-order valence-corrected chi connectivity index (χ0v) is 13.0. The highest BCUT2D eigenvalue weighted by molar-refractivity contribution is 5.98. The summed E-state index contributed by atoms with van der Waals surface area (Å²) in [5, 5.41) is 0. The molecule has 0 bridgehead atoms. The molecule has 0 aromatic heterocycles. The molecular formula is C18H30O. The van der Waals surface area contributed by atoms with Crippen LogP contribution in [0.4, 0.5) is 0 Å². The topological polar surface area (TPSA) is 17.1 Å². The van der Waals surface area contributed by atoms with E-state index in [2.05, 4.69) is 26.8 Å². The normalized spacial score (nSPS) is 17.6. The molecule has 1 heteroatoms. The fourth-order valence-corrected chi connectivity index (χ4v) is 2.86. The van der Waals surface area contributed by atoms with Crippen molar-refractivity contribution in [2.45, 2.75) is 78.6 Å². The largest absolute Gasteiger partial charge is 0.294 e. The molecule has 0 atom stereocenters. The molecule has 0 N–H and O–H groups in total. The molecule has 0 saturated heterocycles. The van der Waals surface area contributed by atoms with Crippen LogP contribution < -0.4 is 0 Å². The van der Waals surface area contributed by atoms with E-state index in [4.69, 9.17) is 0 Å². The monoisotopic (exact) mass is 262 g/mol. The number of unbranched alkanes of at least 4 members (excludes halogenated alkanes) is 3. The maximum absolute atomic E-state index is 12.4. The molecule has 1 rings (SSSR count). The van der Waals surface area contributed by atoms with E-state index in [1.54, 1.807) is 0 Å². The minimum absolute atomic E-state index is 0.177. The second kappa shape index (κ2) is 8.35. The third-order valence-corrected chi connectivity index (χ3v) is 4.17. The Kier molecular flexibility index (Phi) is 7.12. The lowest BCUT2D eigenvalue weighted by atomic mass is 9.71. The number of allylic oxidation sites excluding steroid dienone is 4. The van der Waals surface area contributed by atoms with Gasteiger partial charge < -0.3 is 0 Å². The first-order valence-electron chi connectivity index (χ1n) is 8.12. The van der Waals surface area contributed by atoms with Crippen molar-refractivity contribution in [2.75, 3.05) is 0 Å². The maximum atomic E-state index is 12.4. The molecule has 0 heterocycles. The van der Waals surface area contributed by atoms with Crippen molar-refractivity contribution in [2.24, 2.45) is 5.41 Å². The quantitative estimate of drug-likeness (QED) is 0.528. The fourth-order valence-electron chi connectivity index (χ4n) is 2.86. The summed E-state index contributed by atoms with van der Waals surface area (Å²) in [6.45, 7) is 6.64. The van der Waals surface area contributed by atoms with Crippen molar-refractivity contribution in [1.82, 2.24) is 0 Å². The summed E-state index contributed by atoms with van der Waals surface area (Å²) in [4.78, 5) is 12.4. The zero-order chi connectivity index (χ0) is 14.1. The van der Waals surface area contributed by atoms with Gasteiger partial charge in [-0.05, 0) is 31.8 Å². The number of carbonyl (C=O) groups excluding carboxylic acids is 1. The summed E-state index contributed by atoms with van der Waals surface area (Å²) < 4.78 is 0. The van der Waals surface area contributed by atoms with Crippen LogP contribution >= 0.6 is 0 Å². The van der Waals surface area contributed by atoms with Crippen LogP contribution in [0.5, 0.6) is 0 Å². The molecule has 1 aliphatic carbocycles. The molecule has 0 aromatic carbocycles. The lowest BCUT2D eigenvalue weighted by Gasteiger charge is -2.31. The Morgan fingerprint density at radius 3 is 2.00 bits per heavy atom. The van der Waals surface area contributed by atoms with Gasteiger partial charge in [0.2, 0.25) is 0 Å². The van der Waals surface area contributed by atoms with Crippen LogP contribution in [0.2, 0.25) is 0 Å². The predicted molar refractivity (Wildman–Crippen MR) is 83.2 cm³/mol. The highest BCUT2D eigenvalue weighted by atomic mass is 16.1. The molecule has 0 aromatic rings. The fraction of sp³-hybridized carbons (Fsp3) is 0.722. The maximum Gasteiger partial charge on any atom is 0.165 e. The van der Waals surface area contributed by atoms with Crippen molar-refractivity contribution < 1.29 is 4.79 Å². The van der Waals surface area contributed by atoms with Crippen molar-refractivity contribution in [3.63, 3.8) is 0 Å². The Labute approximate surface area is 119 Å². The van der Waals surface area contributed by atoms with Crippen LogP contribution in [0.1, 0.15) is 78.6 Å². The molecule has 0 unspecified atom stereocenters. The molecule has 0 spiro atoms. The second-order valence-electron chi connectivity index (χ2n) is 5.88. The van der Waals surface area contributed by atoms with E-state index in [9.17, 15) is 4.79 Å². The van der Waals surface area contributed by atoms with Crippen LogP contribution in [0.3, 0.4) is 0 Å². The van der Waals surface area contributed by atoms with Gasteiger partial charge >= 0.3 is 0 Å². The van der Waals surface area contributed by atoms with Crippen LogP contribution in [-0.2, 0) is 4.79 Å². The average molecular weight is 262 g/mol. The molecule has 0 saturated carbocycles. The van der Waals surface area contributed by atoms with E-state index in [0.29, 0.717) is 5.78 Å². The number of carbonyl (C=O) groups is 1. The number of hydrogen-bond donors (Lipinski definition) is 0. The first kappa shape index (κ1) is 16.2. The summed E-state index contributed by atoms with van der Waals surface area (Å²) in [5.41, 5.74) is 1.21. The highest BCUT2D eigenvalue weighted by Crippen LogP contribution is 2.38. The molecule has 19 heavy (non-hydrogen) atoms. The molecule has 0 fully saturated rings. The minimum Gasteiger partial charge on any atom is -0.294 e. The molecule has 1 aliphatic rings. The van der Waals surface area contributed by atoms with Gasteiger partial charge in [-0.2, -0.15) is 0 Å². The Morgan fingerprint density at radius 1 is 0.895 bits per heavy atom. The van der Waals surface area contributed by atoms with Crippen molar-refractivity contribution in [3.8, 4) is 0 Å². The highest BCUT2D eigenvalue weighted by Gasteiger charge is 2.35. The van der Waals surface area contributed by atoms with E-state index < -0.39 is 0 Å². The summed E-state index contributed by atoms with van der Waals surface area (Å²) in [6, 6.07) is 0. The van der Waals surface area contributed by atoms with Gasteiger partial charge in [-0.1, -0.05) is 70.6 Å². The smallest absolute Gasteiger partial charge is 0.165 e. The summed E-state index contributed by atoms with van der Waals surface area (Å²) in [5.74, 6) is 0.342. The Hall–Kier alpha value is -0.850. The van der Waals surface area contributed by atoms with Crippen LogP contribution in [-0.4, -0.2) is 5.78 Å². The van der Waals surface area contributed by atoms with E-state index >= 15 is 0 Å². The molecule has 0 aliphatic heterocycles. The summed E-state index contributed by atoms with van der Waals surface area (Å²) in [6.07, 6.45) is 16.5. The standard InChI is InChI=1S/C18H30O/c1-4-7-10-16-11-12-17(19)18(15-16,13-8-5-2)14-9-6-3/h11-12,15H,4-10,13-14H2,1-3H3. The van der Waals surface area contributed by atoms with Gasteiger partial charge in [0.1, 0.15) is 0 Å². The third-order valence-electron chi connectivity index (χ3n) is 4.17. The Bertz CT molecular complexity index is 328. The van der Waals surface area contributed by atoms with E-state index in [-0.39, 0.29) is 5.41 Å². The van der Waals surface area contributed by atoms with Gasteiger partial charge in [0.25, 0.3) is 0 Å². The van der Waals surface area contributed by atoms with Crippen molar-refractivity contribution in [3.05, 3.63) is 23.8 Å². The van der Waals surface area contributed by atoms with Crippen LogP contribution in [0, 0.1) is 5.41 Å². The SMILES string of the molecule is CCCCC1=CC(CCCC)(CCCC)C(=O)C=C1. The molecule has 108 valence electrons. The molecule has 0 amide bonds. The van der Waals surface area contributed by atoms with Crippen molar-refractivity contribution >= 4 is 5.78 Å². The van der Waals surface area contributed by atoms with E-state index in [1.807, 2.05) is 12.2 Å². The van der Waals surface area contributed by atoms with Gasteiger partial charge in [-0.15, -0.1) is 0 Å². The lowest BCUT2D eigenvalue weighted by Crippen LogP contribution is -2.30. The van der Waals surface area contributed by atoms with Gasteiger partial charge in [0, 0.05) is 0 Å². The zero-order valence-electron chi connectivity index (χ0n) is 13.0. The lowest BCUT2D eigenvalue weighted by molar-refractivity contribution is -0.122. The van der Waals surface area contributed by atoms with Gasteiger partial charge in [-0.25, -0.2) is 0 Å². The van der Waals surface area contributed by atoms with Gasteiger partial charge in [0.05, 0.1) is 5.41 Å². The second-order valence-corrected chi connectivity index (χ2v) is 5.88. The average Bonchev–Trinajstić information content (AvgIpc) is 2.43. The summed E-state index contributed by atoms with van der Waals surface area (Å²) >= 11 is 0. The van der Waals surface area contributed by atoms with Gasteiger partial charge in [-0.3, -0.25) is 4.79 Å². The van der Waals surface area contributed by atoms with Crippen molar-refractivity contribution in [1.29, 1.82) is 0 Å². The van der Waals surface area contributed by atoms with Crippen LogP contribution in [0.25, 0.3) is 0 Å². The third kappa shape index (κ3) is 4.63. The Morgan fingerprint density at radius 2 is 1.47 bits per heavy atom. The number of rotatable bonds is 9. The minimum atomic E-state index is -0.177. The van der Waals surface area contributed by atoms with E-state index in [1.165, 1.54) is 31.3 Å². The van der Waals surface area contributed by atoms with E-state index in [0.717, 1.165) is 32.1 Å².